The molecule has 0 radical (unpaired) electrons. The summed E-state index contributed by atoms with van der Waals surface area (Å²) >= 11 is 0. The predicted octanol–water partition coefficient (Wildman–Crippen LogP) is 2.12. The molecule has 36 heavy (non-hydrogen) atoms. The van der Waals surface area contributed by atoms with Crippen molar-refractivity contribution in [3.63, 3.8) is 0 Å². The second-order valence-corrected chi connectivity index (χ2v) is 9.44. The molecular weight excluding hydrogens is 456 g/mol. The second kappa shape index (κ2) is 9.66. The maximum atomic E-state index is 13.2. The molecule has 9 nitrogen and oxygen atoms in total. The molecule has 1 saturated heterocycles. The van der Waals surface area contributed by atoms with Crippen LogP contribution in [0, 0.1) is 6.92 Å². The molecule has 0 unspecified atom stereocenters. The molecule has 1 fully saturated rings. The Morgan fingerprint density at radius 2 is 1.53 bits per heavy atom. The van der Waals surface area contributed by atoms with Gasteiger partial charge < -0.3 is 14.2 Å². The van der Waals surface area contributed by atoms with Crippen LogP contribution in [0.25, 0.3) is 11.2 Å². The van der Waals surface area contributed by atoms with Gasteiger partial charge >= 0.3 is 5.69 Å². The zero-order valence-corrected chi connectivity index (χ0v) is 21.3. The molecule has 0 amide bonds. The van der Waals surface area contributed by atoms with Crippen molar-refractivity contribution in [2.75, 3.05) is 38.2 Å². The van der Waals surface area contributed by atoms with Crippen molar-refractivity contribution in [2.24, 2.45) is 14.1 Å². The summed E-state index contributed by atoms with van der Waals surface area (Å²) in [7, 11) is 4.86. The highest BCUT2D eigenvalue weighted by atomic mass is 16.5. The number of aromatic nitrogens is 4. The molecule has 9 heteroatoms. The quantitative estimate of drug-likeness (QED) is 0.414. The number of rotatable bonds is 6. The summed E-state index contributed by atoms with van der Waals surface area (Å²) in [6.07, 6.45) is 0. The fourth-order valence-electron chi connectivity index (χ4n) is 4.82. The Hall–Kier alpha value is -3.85. The van der Waals surface area contributed by atoms with E-state index in [1.807, 2.05) is 16.7 Å². The second-order valence-electron chi connectivity index (χ2n) is 9.44. The molecular formula is C27H32N6O3. The highest BCUT2D eigenvalue weighted by molar-refractivity contribution is 5.71. The molecule has 3 heterocycles. The Morgan fingerprint density at radius 1 is 0.861 bits per heavy atom. The van der Waals surface area contributed by atoms with E-state index in [-0.39, 0.29) is 11.2 Å². The third-order valence-corrected chi connectivity index (χ3v) is 7.06. The van der Waals surface area contributed by atoms with Crippen LogP contribution in [-0.4, -0.2) is 56.9 Å². The van der Waals surface area contributed by atoms with Crippen LogP contribution in [0.15, 0.2) is 58.1 Å². The van der Waals surface area contributed by atoms with E-state index in [1.54, 1.807) is 14.2 Å². The molecule has 2 aromatic heterocycles. The van der Waals surface area contributed by atoms with Crippen molar-refractivity contribution in [2.45, 2.75) is 20.0 Å². The predicted molar refractivity (Wildman–Crippen MR) is 141 cm³/mol. The van der Waals surface area contributed by atoms with E-state index in [9.17, 15) is 9.59 Å². The maximum Gasteiger partial charge on any atom is 0.332 e. The first-order valence-electron chi connectivity index (χ1n) is 12.2. The van der Waals surface area contributed by atoms with Gasteiger partial charge in [-0.3, -0.25) is 18.8 Å². The third-order valence-electron chi connectivity index (χ3n) is 7.06. The van der Waals surface area contributed by atoms with Gasteiger partial charge in [0.1, 0.15) is 11.6 Å². The summed E-state index contributed by atoms with van der Waals surface area (Å²) in [5, 5.41) is 0. The van der Waals surface area contributed by atoms with E-state index in [0.29, 0.717) is 24.3 Å². The van der Waals surface area contributed by atoms with Crippen molar-refractivity contribution in [1.29, 1.82) is 0 Å². The number of aryl methyl sites for hydroxylation is 2. The number of imidazole rings is 1. The first kappa shape index (κ1) is 23.9. The average Bonchev–Trinajstić information content (AvgIpc) is 3.25. The van der Waals surface area contributed by atoms with Crippen LogP contribution in [0.1, 0.15) is 17.0 Å². The first-order chi connectivity index (χ1) is 17.4. The molecule has 0 saturated carbocycles. The number of hydrogen-bond donors (Lipinski definition) is 0. The minimum absolute atomic E-state index is 0.316. The van der Waals surface area contributed by atoms with E-state index >= 15 is 0 Å². The molecule has 0 N–H and O–H groups in total. The Morgan fingerprint density at radius 3 is 2.17 bits per heavy atom. The third kappa shape index (κ3) is 4.42. The Bertz CT molecular complexity index is 1490. The highest BCUT2D eigenvalue weighted by Crippen LogP contribution is 2.22. The lowest BCUT2D eigenvalue weighted by atomic mass is 10.1. The summed E-state index contributed by atoms with van der Waals surface area (Å²) < 4.78 is 9.88. The minimum atomic E-state index is -0.368. The summed E-state index contributed by atoms with van der Waals surface area (Å²) in [6.45, 7) is 6.71. The van der Waals surface area contributed by atoms with Crippen LogP contribution in [0.5, 0.6) is 5.75 Å². The van der Waals surface area contributed by atoms with Gasteiger partial charge in [0, 0.05) is 52.5 Å². The number of nitrogens with zero attached hydrogens (tertiary/aromatic N) is 6. The van der Waals surface area contributed by atoms with Gasteiger partial charge in [-0.1, -0.05) is 29.8 Å². The van der Waals surface area contributed by atoms with E-state index < -0.39 is 0 Å². The van der Waals surface area contributed by atoms with E-state index in [0.717, 1.165) is 47.9 Å². The SMILES string of the molecule is COc1ccc(N2CCN(Cc3nc4c(c(=O)n(C)c(=O)n4C)n3Cc3ccc(C)cc3)CC2)cc1. The van der Waals surface area contributed by atoms with Crippen molar-refractivity contribution in [3.8, 4) is 5.75 Å². The summed E-state index contributed by atoms with van der Waals surface area (Å²) in [5.41, 5.74) is 3.66. The standard InChI is InChI=1S/C27H32N6O3/c1-19-5-7-20(8-6-19)17-33-23(28-25-24(33)26(34)30(3)27(35)29(25)2)18-31-13-15-32(16-14-31)21-9-11-22(36-4)12-10-21/h5-12H,13-18H2,1-4H3. The molecule has 0 bridgehead atoms. The van der Waals surface area contributed by atoms with Gasteiger partial charge in [-0.25, -0.2) is 9.78 Å². The van der Waals surface area contributed by atoms with Crippen LogP contribution in [0.4, 0.5) is 5.69 Å². The molecule has 5 rings (SSSR count). The van der Waals surface area contributed by atoms with Gasteiger partial charge in [-0.05, 0) is 36.8 Å². The molecule has 4 aromatic rings. The van der Waals surface area contributed by atoms with Gasteiger partial charge in [-0.2, -0.15) is 0 Å². The largest absolute Gasteiger partial charge is 0.497 e. The lowest BCUT2D eigenvalue weighted by Gasteiger charge is -2.36. The van der Waals surface area contributed by atoms with Gasteiger partial charge in [0.25, 0.3) is 5.56 Å². The van der Waals surface area contributed by atoms with Crippen LogP contribution >= 0.6 is 0 Å². The lowest BCUT2D eigenvalue weighted by Crippen LogP contribution is -2.46. The van der Waals surface area contributed by atoms with Gasteiger partial charge in [0.15, 0.2) is 11.2 Å². The van der Waals surface area contributed by atoms with Crippen molar-refractivity contribution in [1.82, 2.24) is 23.6 Å². The number of anilines is 1. The van der Waals surface area contributed by atoms with Crippen LogP contribution < -0.4 is 20.9 Å². The number of benzene rings is 2. The first-order valence-corrected chi connectivity index (χ1v) is 12.2. The molecule has 0 spiro atoms. The van der Waals surface area contributed by atoms with Gasteiger partial charge in [0.2, 0.25) is 0 Å². The van der Waals surface area contributed by atoms with Crippen molar-refractivity contribution >= 4 is 16.9 Å². The van der Waals surface area contributed by atoms with Crippen LogP contribution in [0.3, 0.4) is 0 Å². The average molecular weight is 489 g/mol. The van der Waals surface area contributed by atoms with E-state index in [2.05, 4.69) is 53.1 Å². The van der Waals surface area contributed by atoms with Crippen molar-refractivity contribution in [3.05, 3.63) is 86.3 Å². The number of hydrogen-bond acceptors (Lipinski definition) is 6. The maximum absolute atomic E-state index is 13.2. The molecule has 1 aliphatic heterocycles. The Kier molecular flexibility index (Phi) is 6.40. The van der Waals surface area contributed by atoms with Gasteiger partial charge in [0.05, 0.1) is 13.7 Å². The monoisotopic (exact) mass is 488 g/mol. The molecule has 2 aromatic carbocycles. The molecule has 0 atom stereocenters. The fourth-order valence-corrected chi connectivity index (χ4v) is 4.82. The normalized spacial score (nSPS) is 14.5. The topological polar surface area (TPSA) is 77.5 Å². The molecule has 1 aliphatic rings. The van der Waals surface area contributed by atoms with E-state index in [1.165, 1.54) is 22.9 Å². The Balaban J connectivity index is 1.43. The highest BCUT2D eigenvalue weighted by Gasteiger charge is 2.23. The Labute approximate surface area is 209 Å². The molecule has 188 valence electrons. The number of methoxy groups -OCH3 is 1. The molecule has 0 aliphatic carbocycles. The van der Waals surface area contributed by atoms with Crippen LogP contribution in [-0.2, 0) is 27.2 Å². The summed E-state index contributed by atoms with van der Waals surface area (Å²) in [6, 6.07) is 16.4. The van der Waals surface area contributed by atoms with Gasteiger partial charge in [-0.15, -0.1) is 0 Å². The zero-order chi connectivity index (χ0) is 25.4. The summed E-state index contributed by atoms with van der Waals surface area (Å²) in [5.74, 6) is 1.65. The van der Waals surface area contributed by atoms with Crippen molar-refractivity contribution < 1.29 is 4.74 Å². The van der Waals surface area contributed by atoms with Crippen LogP contribution in [0.2, 0.25) is 0 Å². The van der Waals surface area contributed by atoms with E-state index in [4.69, 9.17) is 9.72 Å². The lowest BCUT2D eigenvalue weighted by molar-refractivity contribution is 0.241. The smallest absolute Gasteiger partial charge is 0.332 e. The minimum Gasteiger partial charge on any atom is -0.497 e. The zero-order valence-electron chi connectivity index (χ0n) is 21.3. The fraction of sp³-hybridized carbons (Fsp3) is 0.370. The number of fused-ring (bicyclic) bond motifs is 1. The summed E-state index contributed by atoms with van der Waals surface area (Å²) in [4.78, 5) is 35.3. The number of piperazine rings is 1. The number of ether oxygens (including phenoxy) is 1.